The second-order valence-electron chi connectivity index (χ2n) is 9.95. The van der Waals surface area contributed by atoms with Crippen molar-refractivity contribution in [3.8, 4) is 5.75 Å². The lowest BCUT2D eigenvalue weighted by molar-refractivity contribution is -0.161. The summed E-state index contributed by atoms with van der Waals surface area (Å²) in [7, 11) is 1.67. The number of benzene rings is 2. The third-order valence-corrected chi connectivity index (χ3v) is 7.52. The molecule has 2 fully saturated rings. The van der Waals surface area contributed by atoms with Gasteiger partial charge in [-0.1, -0.05) is 36.4 Å². The van der Waals surface area contributed by atoms with E-state index in [1.54, 1.807) is 7.11 Å². The van der Waals surface area contributed by atoms with Gasteiger partial charge in [0.25, 0.3) is 0 Å². The van der Waals surface area contributed by atoms with Crippen molar-refractivity contribution in [3.63, 3.8) is 0 Å². The van der Waals surface area contributed by atoms with Gasteiger partial charge in [-0.3, -0.25) is 9.69 Å². The number of nitrogens with zero attached hydrogens (tertiary/aromatic N) is 2. The van der Waals surface area contributed by atoms with E-state index in [-0.39, 0.29) is 24.2 Å². The maximum Gasteiger partial charge on any atom is 0.225 e. The number of amides is 1. The minimum atomic E-state index is -0.532. The van der Waals surface area contributed by atoms with E-state index in [1.807, 2.05) is 23.1 Å². The number of fused-ring (bicyclic) bond motifs is 2. The minimum Gasteiger partial charge on any atom is -0.497 e. The number of ether oxygens (including phenoxy) is 3. The van der Waals surface area contributed by atoms with Gasteiger partial charge < -0.3 is 24.2 Å². The smallest absolute Gasteiger partial charge is 0.225 e. The molecular weight excluding hydrogens is 444 g/mol. The minimum absolute atomic E-state index is 0.100. The van der Waals surface area contributed by atoms with Gasteiger partial charge in [-0.2, -0.15) is 0 Å². The van der Waals surface area contributed by atoms with Crippen LogP contribution in [0.25, 0.3) is 0 Å². The Hall–Kier alpha value is -2.45. The predicted molar refractivity (Wildman–Crippen MR) is 132 cm³/mol. The van der Waals surface area contributed by atoms with Crippen molar-refractivity contribution in [2.75, 3.05) is 33.4 Å². The lowest BCUT2D eigenvalue weighted by Gasteiger charge is -2.44. The number of rotatable bonds is 5. The third-order valence-electron chi connectivity index (χ3n) is 7.52. The van der Waals surface area contributed by atoms with Gasteiger partial charge in [0.05, 0.1) is 45.1 Å². The first-order chi connectivity index (χ1) is 17.1. The fourth-order valence-electron chi connectivity index (χ4n) is 5.63. The van der Waals surface area contributed by atoms with E-state index in [2.05, 4.69) is 35.2 Å². The molecule has 7 nitrogen and oxygen atoms in total. The number of hydrogen-bond donors (Lipinski definition) is 1. The van der Waals surface area contributed by atoms with Gasteiger partial charge in [-0.15, -0.1) is 0 Å². The zero-order chi connectivity index (χ0) is 24.2. The lowest BCUT2D eigenvalue weighted by atomic mass is 9.93. The molecule has 5 rings (SSSR count). The van der Waals surface area contributed by atoms with Crippen molar-refractivity contribution >= 4 is 5.91 Å². The van der Waals surface area contributed by atoms with Crippen LogP contribution in [0.3, 0.4) is 0 Å². The molecule has 4 atom stereocenters. The summed E-state index contributed by atoms with van der Waals surface area (Å²) in [6, 6.07) is 16.6. The summed E-state index contributed by atoms with van der Waals surface area (Å²) >= 11 is 0. The number of carbonyl (C=O) groups excluding carboxylic acids is 1. The molecule has 3 aliphatic heterocycles. The molecule has 0 radical (unpaired) electrons. The van der Waals surface area contributed by atoms with Gasteiger partial charge in [-0.05, 0) is 48.1 Å². The van der Waals surface area contributed by atoms with E-state index in [0.29, 0.717) is 32.7 Å². The zero-order valence-electron chi connectivity index (χ0n) is 20.5. The van der Waals surface area contributed by atoms with E-state index in [1.165, 1.54) is 16.7 Å². The molecule has 3 aliphatic rings. The standard InChI is InChI=1S/C28H36N2O5/c1-33-24-8-6-20(7-9-24)15-30-17-23(31)18-34-19-27-26(30)11-10-25(35-27)14-28(32)29-13-12-21-4-2-3-5-22(21)16-29/h2-9,23,25-27,31H,10-19H2,1H3/t23-,25+,26+,27-/m0/s1. The first kappa shape index (κ1) is 24.3. The third kappa shape index (κ3) is 5.86. The molecule has 188 valence electrons. The number of methoxy groups -OCH3 is 1. The second kappa shape index (κ2) is 11.1. The van der Waals surface area contributed by atoms with E-state index in [4.69, 9.17) is 14.2 Å². The van der Waals surface area contributed by atoms with Gasteiger partial charge in [-0.25, -0.2) is 0 Å². The largest absolute Gasteiger partial charge is 0.497 e. The van der Waals surface area contributed by atoms with Crippen LogP contribution in [0.5, 0.6) is 5.75 Å². The van der Waals surface area contributed by atoms with E-state index in [9.17, 15) is 9.90 Å². The molecule has 1 amide bonds. The van der Waals surface area contributed by atoms with E-state index >= 15 is 0 Å². The highest BCUT2D eigenvalue weighted by Gasteiger charge is 2.38. The molecule has 1 N–H and O–H groups in total. The summed E-state index contributed by atoms with van der Waals surface area (Å²) in [6.45, 7) is 3.44. The first-order valence-electron chi connectivity index (χ1n) is 12.7. The van der Waals surface area contributed by atoms with Crippen LogP contribution in [-0.2, 0) is 33.8 Å². The van der Waals surface area contributed by atoms with Crippen LogP contribution in [0.4, 0.5) is 0 Å². The number of carbonyl (C=O) groups is 1. The van der Waals surface area contributed by atoms with Crippen LogP contribution < -0.4 is 4.74 Å². The fourth-order valence-corrected chi connectivity index (χ4v) is 5.63. The van der Waals surface area contributed by atoms with Crippen LogP contribution in [0.1, 0.15) is 36.0 Å². The van der Waals surface area contributed by atoms with Crippen LogP contribution >= 0.6 is 0 Å². The van der Waals surface area contributed by atoms with Crippen LogP contribution in [0, 0.1) is 0 Å². The average Bonchev–Trinajstić information content (AvgIpc) is 2.88. The summed E-state index contributed by atoms with van der Waals surface area (Å²) in [5.41, 5.74) is 3.76. The van der Waals surface area contributed by atoms with Crippen LogP contribution in [-0.4, -0.2) is 78.6 Å². The summed E-state index contributed by atoms with van der Waals surface area (Å²) in [5, 5.41) is 10.4. The Morgan fingerprint density at radius 1 is 1.09 bits per heavy atom. The van der Waals surface area contributed by atoms with Crippen molar-refractivity contribution < 1.29 is 24.1 Å². The Morgan fingerprint density at radius 2 is 1.89 bits per heavy atom. The topological polar surface area (TPSA) is 71.5 Å². The second-order valence-corrected chi connectivity index (χ2v) is 9.95. The van der Waals surface area contributed by atoms with E-state index < -0.39 is 6.10 Å². The van der Waals surface area contributed by atoms with Gasteiger partial charge in [0.15, 0.2) is 0 Å². The highest BCUT2D eigenvalue weighted by atomic mass is 16.5. The molecule has 0 spiro atoms. The molecular formula is C28H36N2O5. The number of aliphatic hydroxyl groups is 1. The van der Waals surface area contributed by atoms with Crippen LogP contribution in [0.15, 0.2) is 48.5 Å². The molecule has 2 aromatic rings. The Bertz CT molecular complexity index is 997. The van der Waals surface area contributed by atoms with E-state index in [0.717, 1.165) is 38.1 Å². The summed E-state index contributed by atoms with van der Waals surface area (Å²) in [5.74, 6) is 0.999. The van der Waals surface area contributed by atoms with Crippen molar-refractivity contribution in [1.29, 1.82) is 0 Å². The maximum absolute atomic E-state index is 13.1. The molecule has 0 saturated carbocycles. The van der Waals surface area contributed by atoms with Crippen molar-refractivity contribution in [3.05, 3.63) is 65.2 Å². The maximum atomic E-state index is 13.1. The summed E-state index contributed by atoms with van der Waals surface area (Å²) < 4.78 is 17.5. The Balaban J connectivity index is 1.21. The first-order valence-corrected chi connectivity index (χ1v) is 12.7. The van der Waals surface area contributed by atoms with Gasteiger partial charge in [0.1, 0.15) is 5.75 Å². The SMILES string of the molecule is COc1ccc(CN2C[C@H](O)COC[C@@H]3O[C@@H](CC(=O)N4CCc5ccccc5C4)CC[C@H]32)cc1. The molecule has 3 heterocycles. The van der Waals surface area contributed by atoms with Crippen molar-refractivity contribution in [2.45, 2.75) is 63.1 Å². The molecule has 7 heteroatoms. The van der Waals surface area contributed by atoms with Crippen molar-refractivity contribution in [2.24, 2.45) is 0 Å². The number of aliphatic hydroxyl groups excluding tert-OH is 1. The van der Waals surface area contributed by atoms with Crippen molar-refractivity contribution in [1.82, 2.24) is 9.80 Å². The molecule has 0 aliphatic carbocycles. The van der Waals surface area contributed by atoms with Crippen LogP contribution in [0.2, 0.25) is 0 Å². The molecule has 2 saturated heterocycles. The Morgan fingerprint density at radius 3 is 2.69 bits per heavy atom. The molecule has 2 aromatic carbocycles. The molecule has 0 unspecified atom stereocenters. The summed E-state index contributed by atoms with van der Waals surface area (Å²) in [6.07, 6.45) is 2.31. The fraction of sp³-hybridized carbons (Fsp3) is 0.536. The van der Waals surface area contributed by atoms with Gasteiger partial charge in [0.2, 0.25) is 5.91 Å². The highest BCUT2D eigenvalue weighted by Crippen LogP contribution is 2.30. The lowest BCUT2D eigenvalue weighted by Crippen LogP contribution is -2.55. The Labute approximate surface area is 207 Å². The normalized spacial score (nSPS) is 27.3. The predicted octanol–water partition coefficient (Wildman–Crippen LogP) is 2.78. The monoisotopic (exact) mass is 480 g/mol. The quantitative estimate of drug-likeness (QED) is 0.710. The Kier molecular flexibility index (Phi) is 7.68. The highest BCUT2D eigenvalue weighted by molar-refractivity contribution is 5.77. The molecule has 35 heavy (non-hydrogen) atoms. The molecule has 0 aromatic heterocycles. The summed E-state index contributed by atoms with van der Waals surface area (Å²) in [4.78, 5) is 17.4. The number of hydrogen-bond acceptors (Lipinski definition) is 6. The van der Waals surface area contributed by atoms with Gasteiger partial charge in [0, 0.05) is 32.2 Å². The number of β-amino-alcohol motifs (C(OH)–C–C–N with tert-alkyl or cyclic N) is 1. The molecule has 0 bridgehead atoms. The van der Waals surface area contributed by atoms with Gasteiger partial charge >= 0.3 is 0 Å². The average molecular weight is 481 g/mol. The zero-order valence-corrected chi connectivity index (χ0v) is 20.5.